The van der Waals surface area contributed by atoms with E-state index in [0.717, 1.165) is 6.26 Å². The van der Waals surface area contributed by atoms with Crippen molar-refractivity contribution in [3.8, 4) is 11.4 Å². The molecule has 2 aromatic heterocycles. The minimum atomic E-state index is -3.80. The Morgan fingerprint density at radius 2 is 1.77 bits per heavy atom. The maximum absolute atomic E-state index is 13.0. The summed E-state index contributed by atoms with van der Waals surface area (Å²) in [4.78, 5) is 4.35. The van der Waals surface area contributed by atoms with E-state index < -0.39 is 19.9 Å². The summed E-state index contributed by atoms with van der Waals surface area (Å²) >= 11 is 0. The highest BCUT2D eigenvalue weighted by molar-refractivity contribution is 7.91. The lowest BCUT2D eigenvalue weighted by Gasteiger charge is -2.29. The van der Waals surface area contributed by atoms with Gasteiger partial charge in [-0.1, -0.05) is 11.2 Å². The molecule has 0 atom stereocenters. The molecular weight excluding hydrogens is 430 g/mol. The predicted molar refractivity (Wildman–Crippen MR) is 106 cm³/mol. The molecule has 0 bridgehead atoms. The van der Waals surface area contributed by atoms with Gasteiger partial charge in [0.25, 0.3) is 0 Å². The first-order valence-electron chi connectivity index (χ1n) is 9.16. The van der Waals surface area contributed by atoms with Gasteiger partial charge in [-0.05, 0) is 37.1 Å². The molecule has 0 aliphatic carbocycles. The van der Waals surface area contributed by atoms with Gasteiger partial charge in [0.2, 0.25) is 21.7 Å². The molecule has 0 saturated carbocycles. The van der Waals surface area contributed by atoms with Gasteiger partial charge in [-0.25, -0.2) is 16.8 Å². The number of piperidine rings is 1. The quantitative estimate of drug-likeness (QED) is 0.567. The van der Waals surface area contributed by atoms with Crippen molar-refractivity contribution in [1.82, 2.24) is 24.6 Å². The number of benzene rings is 1. The number of hydrogen-bond donors (Lipinski definition) is 0. The van der Waals surface area contributed by atoms with Crippen molar-refractivity contribution in [2.75, 3.05) is 19.3 Å². The lowest BCUT2D eigenvalue weighted by Crippen LogP contribution is -2.38. The van der Waals surface area contributed by atoms with Crippen LogP contribution < -0.4 is 0 Å². The molecule has 1 aliphatic rings. The van der Waals surface area contributed by atoms with E-state index in [1.165, 1.54) is 41.0 Å². The third kappa shape index (κ3) is 4.11. The first kappa shape index (κ1) is 20.6. The van der Waals surface area contributed by atoms with Gasteiger partial charge in [0, 0.05) is 30.8 Å². The van der Waals surface area contributed by atoms with Gasteiger partial charge in [-0.15, -0.1) is 0 Å². The van der Waals surface area contributed by atoms with Gasteiger partial charge in [-0.3, -0.25) is 0 Å². The van der Waals surface area contributed by atoms with Crippen molar-refractivity contribution in [3.05, 3.63) is 48.6 Å². The molecule has 10 nitrogen and oxygen atoms in total. The summed E-state index contributed by atoms with van der Waals surface area (Å²) in [5.74, 6) is 0.806. The van der Waals surface area contributed by atoms with Gasteiger partial charge in [0.1, 0.15) is 0 Å². The largest absolute Gasteiger partial charge is 0.339 e. The second-order valence-electron chi connectivity index (χ2n) is 7.01. The van der Waals surface area contributed by atoms with Crippen molar-refractivity contribution in [1.29, 1.82) is 0 Å². The fourth-order valence-electron chi connectivity index (χ4n) is 3.30. The van der Waals surface area contributed by atoms with Gasteiger partial charge in [0.05, 0.1) is 22.2 Å². The Morgan fingerprint density at radius 3 is 2.43 bits per heavy atom. The van der Waals surface area contributed by atoms with Crippen LogP contribution in [0.15, 0.2) is 57.0 Å². The summed E-state index contributed by atoms with van der Waals surface area (Å²) in [6.07, 6.45) is 5.15. The molecule has 4 rings (SSSR count). The second kappa shape index (κ2) is 7.85. The maximum Gasteiger partial charge on any atom is 0.243 e. The molecule has 3 aromatic rings. The topological polar surface area (TPSA) is 136 Å². The SMILES string of the molecule is CS(=O)(=O)c1cccc(S(=O)(=O)N2CCC(c3nc(-c4ccnnc4)no3)CC2)c1. The fourth-order valence-corrected chi connectivity index (χ4v) is 5.56. The van der Waals surface area contributed by atoms with E-state index in [-0.39, 0.29) is 28.8 Å². The highest BCUT2D eigenvalue weighted by Crippen LogP contribution is 2.31. The summed E-state index contributed by atoms with van der Waals surface area (Å²) in [7, 11) is -7.30. The maximum atomic E-state index is 13.0. The summed E-state index contributed by atoms with van der Waals surface area (Å²) in [6.45, 7) is 0.537. The van der Waals surface area contributed by atoms with Crippen molar-refractivity contribution < 1.29 is 21.4 Å². The average molecular weight is 450 g/mol. The van der Waals surface area contributed by atoms with E-state index >= 15 is 0 Å². The number of sulfonamides is 1. The van der Waals surface area contributed by atoms with Gasteiger partial charge in [0.15, 0.2) is 9.84 Å². The average Bonchev–Trinajstić information content (AvgIpc) is 3.24. The first-order valence-corrected chi connectivity index (χ1v) is 12.5. The monoisotopic (exact) mass is 449 g/mol. The van der Waals surface area contributed by atoms with E-state index in [0.29, 0.717) is 30.1 Å². The van der Waals surface area contributed by atoms with Crippen molar-refractivity contribution in [2.24, 2.45) is 0 Å². The smallest absolute Gasteiger partial charge is 0.243 e. The zero-order valence-corrected chi connectivity index (χ0v) is 17.7. The Labute approximate surface area is 173 Å². The van der Waals surface area contributed by atoms with Crippen LogP contribution in [0.5, 0.6) is 0 Å². The minimum absolute atomic E-state index is 0.0255. The zero-order chi connectivity index (χ0) is 21.4. The van der Waals surface area contributed by atoms with E-state index in [9.17, 15) is 16.8 Å². The van der Waals surface area contributed by atoms with Crippen LogP contribution in [0.4, 0.5) is 0 Å². The van der Waals surface area contributed by atoms with Crippen LogP contribution >= 0.6 is 0 Å². The molecule has 12 heteroatoms. The summed E-state index contributed by atoms with van der Waals surface area (Å²) in [5.41, 5.74) is 0.686. The molecule has 1 aliphatic heterocycles. The normalized spacial score (nSPS) is 16.6. The summed E-state index contributed by atoms with van der Waals surface area (Å²) < 4.78 is 56.2. The Morgan fingerprint density at radius 1 is 1.03 bits per heavy atom. The van der Waals surface area contributed by atoms with Crippen LogP contribution in [0.1, 0.15) is 24.7 Å². The first-order chi connectivity index (χ1) is 14.2. The van der Waals surface area contributed by atoms with E-state index in [2.05, 4.69) is 20.3 Å². The lowest BCUT2D eigenvalue weighted by molar-refractivity contribution is 0.270. The van der Waals surface area contributed by atoms with Crippen molar-refractivity contribution in [2.45, 2.75) is 28.6 Å². The molecule has 0 amide bonds. The Bertz CT molecular complexity index is 1250. The van der Waals surface area contributed by atoms with E-state index in [1.807, 2.05) is 0 Å². The van der Waals surface area contributed by atoms with E-state index in [1.54, 1.807) is 6.07 Å². The molecule has 30 heavy (non-hydrogen) atoms. The minimum Gasteiger partial charge on any atom is -0.339 e. The third-order valence-corrected chi connectivity index (χ3v) is 7.96. The molecule has 1 fully saturated rings. The number of aromatic nitrogens is 4. The molecular formula is C18H19N5O5S2. The second-order valence-corrected chi connectivity index (χ2v) is 11.0. The molecule has 0 spiro atoms. The van der Waals surface area contributed by atoms with Gasteiger partial charge < -0.3 is 4.52 Å². The van der Waals surface area contributed by atoms with Crippen molar-refractivity contribution >= 4 is 19.9 Å². The highest BCUT2D eigenvalue weighted by atomic mass is 32.2. The van der Waals surface area contributed by atoms with Crippen LogP contribution in [0.2, 0.25) is 0 Å². The molecule has 1 aromatic carbocycles. The van der Waals surface area contributed by atoms with Gasteiger partial charge in [-0.2, -0.15) is 19.5 Å². The van der Waals surface area contributed by atoms with Crippen molar-refractivity contribution in [3.63, 3.8) is 0 Å². The van der Waals surface area contributed by atoms with Gasteiger partial charge >= 0.3 is 0 Å². The number of sulfone groups is 1. The predicted octanol–water partition coefficient (Wildman–Crippen LogP) is 1.50. The molecule has 1 saturated heterocycles. The standard InChI is InChI=1S/C18H19N5O5S2/c1-29(24,25)15-3-2-4-16(11-15)30(26,27)23-9-6-13(7-10-23)18-21-17(22-28-18)14-5-8-19-20-12-14/h2-5,8,11-13H,6-7,9-10H2,1H3. The van der Waals surface area contributed by atoms with Crippen LogP contribution in [-0.4, -0.2) is 60.8 Å². The highest BCUT2D eigenvalue weighted by Gasteiger charge is 2.32. The Hall–Kier alpha value is -2.70. The molecule has 158 valence electrons. The van der Waals surface area contributed by atoms with Crippen LogP contribution in [0.3, 0.4) is 0 Å². The van der Waals surface area contributed by atoms with E-state index in [4.69, 9.17) is 4.52 Å². The van der Waals surface area contributed by atoms with Crippen LogP contribution in [-0.2, 0) is 19.9 Å². The zero-order valence-electron chi connectivity index (χ0n) is 16.0. The number of nitrogens with zero attached hydrogens (tertiary/aromatic N) is 5. The molecule has 0 unspecified atom stereocenters. The number of hydrogen-bond acceptors (Lipinski definition) is 9. The molecule has 0 N–H and O–H groups in total. The number of rotatable bonds is 5. The summed E-state index contributed by atoms with van der Waals surface area (Å²) in [5, 5.41) is 11.5. The van der Waals surface area contributed by atoms with Crippen LogP contribution in [0, 0.1) is 0 Å². The molecule has 0 radical (unpaired) electrons. The Kier molecular flexibility index (Phi) is 5.38. The fraction of sp³-hybridized carbons (Fsp3) is 0.333. The summed E-state index contributed by atoms with van der Waals surface area (Å²) in [6, 6.07) is 7.14. The van der Waals surface area contributed by atoms with Crippen LogP contribution in [0.25, 0.3) is 11.4 Å². The lowest BCUT2D eigenvalue weighted by atomic mass is 9.98. The molecule has 3 heterocycles. The third-order valence-electron chi connectivity index (χ3n) is 4.96. The Balaban J connectivity index is 1.48.